The van der Waals surface area contributed by atoms with E-state index in [2.05, 4.69) is 0 Å². The average Bonchev–Trinajstić information content (AvgIpc) is 2.13. The van der Waals surface area contributed by atoms with E-state index in [9.17, 15) is 16.8 Å². The second kappa shape index (κ2) is 4.57. The molecule has 0 unspecified atom stereocenters. The summed E-state index contributed by atoms with van der Waals surface area (Å²) >= 11 is 0. The highest BCUT2D eigenvalue weighted by molar-refractivity contribution is 8.09. The van der Waals surface area contributed by atoms with Crippen LogP contribution in [0.25, 0.3) is 5.70 Å². The van der Waals surface area contributed by atoms with Gasteiger partial charge in [-0.3, -0.25) is 9.11 Å². The van der Waals surface area contributed by atoms with Gasteiger partial charge in [-0.05, 0) is 6.07 Å². The minimum Gasteiger partial charge on any atom is -0.398 e. The lowest BCUT2D eigenvalue weighted by molar-refractivity contribution is 0.480. The molecular weight excluding hydrogens is 284 g/mol. The van der Waals surface area contributed by atoms with Crippen LogP contribution in [0.4, 0.5) is 5.69 Å². The first-order valence-electron chi connectivity index (χ1n) is 4.34. The molecule has 100 valence electrons. The summed E-state index contributed by atoms with van der Waals surface area (Å²) in [4.78, 5) is 0. The molecule has 0 aliphatic heterocycles. The van der Waals surface area contributed by atoms with Crippen LogP contribution < -0.4 is 11.5 Å². The quantitative estimate of drug-likeness (QED) is 0.433. The van der Waals surface area contributed by atoms with Crippen LogP contribution in [0.3, 0.4) is 0 Å². The van der Waals surface area contributed by atoms with Crippen LogP contribution in [0.2, 0.25) is 0 Å². The number of hydrogen-bond donors (Lipinski definition) is 4. The molecule has 0 saturated heterocycles. The van der Waals surface area contributed by atoms with Gasteiger partial charge in [0.05, 0.1) is 5.70 Å². The summed E-state index contributed by atoms with van der Waals surface area (Å²) in [6.07, 6.45) is 0. The van der Waals surface area contributed by atoms with E-state index in [-0.39, 0.29) is 11.3 Å². The highest BCUT2D eigenvalue weighted by atomic mass is 32.3. The molecule has 1 aromatic rings. The van der Waals surface area contributed by atoms with Gasteiger partial charge in [0.15, 0.2) is 0 Å². The third-order valence-corrected chi connectivity index (χ3v) is 4.58. The molecule has 0 bridgehead atoms. The lowest BCUT2D eigenvalue weighted by Crippen LogP contribution is -2.18. The largest absolute Gasteiger partial charge is 0.398 e. The van der Waals surface area contributed by atoms with Gasteiger partial charge in [0.25, 0.3) is 0 Å². The number of nitrogens with two attached hydrogens (primary N) is 2. The minimum absolute atomic E-state index is 0.0141. The Hall–Kier alpha value is -1.62. The number of hydrogen-bond acceptors (Lipinski definition) is 6. The molecule has 0 fully saturated rings. The summed E-state index contributed by atoms with van der Waals surface area (Å²) < 4.78 is 59.6. The van der Waals surface area contributed by atoms with Gasteiger partial charge in [-0.25, -0.2) is 0 Å². The van der Waals surface area contributed by atoms with Crippen molar-refractivity contribution in [2.45, 2.75) is 0 Å². The molecule has 1 aromatic carbocycles. The van der Waals surface area contributed by atoms with Crippen LogP contribution >= 0.6 is 0 Å². The first kappa shape index (κ1) is 14.4. The lowest BCUT2D eigenvalue weighted by atomic mass is 10.1. The van der Waals surface area contributed by atoms with E-state index in [4.69, 9.17) is 20.6 Å². The van der Waals surface area contributed by atoms with Crippen molar-refractivity contribution in [3.8, 4) is 0 Å². The zero-order valence-corrected chi connectivity index (χ0v) is 10.4. The molecule has 6 N–H and O–H groups in total. The zero-order chi connectivity index (χ0) is 14.1. The summed E-state index contributed by atoms with van der Waals surface area (Å²) in [5.74, 6) is 0. The Bertz CT molecular complexity index is 671. The highest BCUT2D eigenvalue weighted by Gasteiger charge is 2.31. The normalized spacial score (nSPS) is 12.1. The van der Waals surface area contributed by atoms with Crippen molar-refractivity contribution in [2.75, 3.05) is 5.73 Å². The van der Waals surface area contributed by atoms with Crippen molar-refractivity contribution in [3.63, 3.8) is 0 Å². The van der Waals surface area contributed by atoms with E-state index >= 15 is 0 Å². The van der Waals surface area contributed by atoms with Gasteiger partial charge in [0.1, 0.15) is 0 Å². The minimum atomic E-state index is -5.23. The van der Waals surface area contributed by atoms with Gasteiger partial charge in [-0.15, -0.1) is 0 Å². The molecule has 0 heterocycles. The van der Waals surface area contributed by atoms with E-state index < -0.39 is 30.2 Å². The third-order valence-electron chi connectivity index (χ3n) is 1.94. The van der Waals surface area contributed by atoms with Gasteiger partial charge in [-0.2, -0.15) is 16.8 Å². The van der Waals surface area contributed by atoms with E-state index in [1.54, 1.807) is 0 Å². The molecule has 0 spiro atoms. The second-order valence-corrected chi connectivity index (χ2v) is 6.21. The van der Waals surface area contributed by atoms with E-state index in [0.717, 1.165) is 0 Å². The number of nitrogen functional groups attached to an aromatic ring is 1. The zero-order valence-electron chi connectivity index (χ0n) is 8.81. The standard InChI is InChI=1S/C8H10N2O6S2/c9-6-4-2-1-3-5(6)7(10)8(17(11,12)13)18(14,15)16/h1-4H,9-10H2,(H,11,12,13)(H,14,15,16). The van der Waals surface area contributed by atoms with Crippen molar-refractivity contribution >= 4 is 31.6 Å². The summed E-state index contributed by atoms with van der Waals surface area (Å²) in [6, 6.07) is 5.51. The molecule has 0 aliphatic carbocycles. The molecule has 18 heavy (non-hydrogen) atoms. The number of rotatable bonds is 3. The van der Waals surface area contributed by atoms with E-state index in [1.807, 2.05) is 0 Å². The van der Waals surface area contributed by atoms with Crippen molar-refractivity contribution < 1.29 is 25.9 Å². The third kappa shape index (κ3) is 2.98. The van der Waals surface area contributed by atoms with Gasteiger partial charge >= 0.3 is 20.2 Å². The fourth-order valence-corrected chi connectivity index (χ4v) is 3.10. The second-order valence-electron chi connectivity index (χ2n) is 3.24. The Morgan fingerprint density at radius 1 is 1.00 bits per heavy atom. The van der Waals surface area contributed by atoms with Crippen LogP contribution in [0.15, 0.2) is 28.5 Å². The maximum atomic E-state index is 10.9. The van der Waals surface area contributed by atoms with Gasteiger partial charge in [0, 0.05) is 11.3 Å². The molecule has 1 rings (SSSR count). The molecule has 8 nitrogen and oxygen atoms in total. The lowest BCUT2D eigenvalue weighted by Gasteiger charge is -2.09. The smallest absolute Gasteiger partial charge is 0.310 e. The predicted molar refractivity (Wildman–Crippen MR) is 65.1 cm³/mol. The molecular formula is C8H10N2O6S2. The Balaban J connectivity index is 3.75. The Morgan fingerprint density at radius 2 is 1.44 bits per heavy atom. The van der Waals surface area contributed by atoms with E-state index in [1.165, 1.54) is 24.3 Å². The molecule has 0 atom stereocenters. The van der Waals surface area contributed by atoms with Crippen LogP contribution in [0.5, 0.6) is 0 Å². The molecule has 0 radical (unpaired) electrons. The first-order chi connectivity index (χ1) is 8.05. The SMILES string of the molecule is NC(=C(S(=O)(=O)O)S(=O)(=O)O)c1ccccc1N. The molecule has 0 aliphatic rings. The summed E-state index contributed by atoms with van der Waals surface area (Å²) in [7, 11) is -10.5. The highest BCUT2D eigenvalue weighted by Crippen LogP contribution is 2.25. The van der Waals surface area contributed by atoms with Crippen molar-refractivity contribution in [3.05, 3.63) is 34.1 Å². The molecule has 0 aromatic heterocycles. The Kier molecular flexibility index (Phi) is 3.67. The average molecular weight is 294 g/mol. The van der Waals surface area contributed by atoms with Crippen molar-refractivity contribution in [2.24, 2.45) is 5.73 Å². The summed E-state index contributed by atoms with van der Waals surface area (Å²) in [5.41, 5.74) is 9.80. The topological polar surface area (TPSA) is 161 Å². The molecule has 0 amide bonds. The number of benzene rings is 1. The Morgan fingerprint density at radius 3 is 1.83 bits per heavy atom. The monoisotopic (exact) mass is 294 g/mol. The Labute approximate surface area is 103 Å². The van der Waals surface area contributed by atoms with Crippen molar-refractivity contribution in [1.82, 2.24) is 0 Å². The van der Waals surface area contributed by atoms with Crippen LogP contribution in [-0.4, -0.2) is 25.9 Å². The van der Waals surface area contributed by atoms with E-state index in [0.29, 0.717) is 0 Å². The predicted octanol–water partition coefficient (Wildman–Crippen LogP) is -0.371. The van der Waals surface area contributed by atoms with Gasteiger partial charge in [0.2, 0.25) is 4.24 Å². The fourth-order valence-electron chi connectivity index (χ4n) is 1.26. The fraction of sp³-hybridized carbons (Fsp3) is 0. The number of para-hydroxylation sites is 1. The summed E-state index contributed by atoms with van der Waals surface area (Å²) in [6.45, 7) is 0. The van der Waals surface area contributed by atoms with Crippen LogP contribution in [0, 0.1) is 0 Å². The number of anilines is 1. The molecule has 0 saturated carbocycles. The maximum Gasteiger partial charge on any atom is 0.310 e. The first-order valence-corrected chi connectivity index (χ1v) is 7.22. The molecule has 10 heteroatoms. The van der Waals surface area contributed by atoms with Gasteiger partial charge in [-0.1, -0.05) is 18.2 Å². The van der Waals surface area contributed by atoms with Crippen molar-refractivity contribution in [1.29, 1.82) is 0 Å². The maximum absolute atomic E-state index is 10.9. The van der Waals surface area contributed by atoms with Crippen LogP contribution in [-0.2, 0) is 20.2 Å². The van der Waals surface area contributed by atoms with Gasteiger partial charge < -0.3 is 11.5 Å². The van der Waals surface area contributed by atoms with Crippen LogP contribution in [0.1, 0.15) is 5.56 Å². The summed E-state index contributed by atoms with van der Waals surface area (Å²) in [5, 5.41) is 0.